The Morgan fingerprint density at radius 1 is 1.11 bits per heavy atom. The summed E-state index contributed by atoms with van der Waals surface area (Å²) in [6.07, 6.45) is 11.5. The quantitative estimate of drug-likeness (QED) is 0.494. The van der Waals surface area contributed by atoms with Crippen molar-refractivity contribution in [2.75, 3.05) is 6.54 Å². The minimum Gasteiger partial charge on any atom is -0.345 e. The van der Waals surface area contributed by atoms with Crippen LogP contribution < -0.4 is 0 Å². The highest BCUT2D eigenvalue weighted by molar-refractivity contribution is 5.78. The molecule has 28 heavy (non-hydrogen) atoms. The Bertz CT molecular complexity index is 743. The predicted octanol–water partition coefficient (Wildman–Crippen LogP) is 5.94. The second kappa shape index (κ2) is 10.5. The van der Waals surface area contributed by atoms with Gasteiger partial charge in [0.25, 0.3) is 0 Å². The van der Waals surface area contributed by atoms with Gasteiger partial charge >= 0.3 is 0 Å². The highest BCUT2D eigenvalue weighted by Gasteiger charge is 2.26. The molecule has 1 saturated carbocycles. The fraction of sp³-hybridized carbons (Fsp3) is 0.560. The molecule has 1 fully saturated rings. The maximum atomic E-state index is 13.2. The molecule has 3 rings (SSSR count). The van der Waals surface area contributed by atoms with Crippen LogP contribution in [0.2, 0.25) is 0 Å². The molecule has 1 aromatic carbocycles. The third kappa shape index (κ3) is 5.73. The first-order chi connectivity index (χ1) is 13.7. The molecule has 1 aromatic heterocycles. The number of hydrogen-bond donors (Lipinski definition) is 0. The summed E-state index contributed by atoms with van der Waals surface area (Å²) in [5, 5.41) is 0. The molecule has 1 heterocycles. The number of unbranched alkanes of at least 4 members (excludes halogenated alkanes) is 2. The van der Waals surface area contributed by atoms with Crippen LogP contribution in [0.25, 0.3) is 0 Å². The largest absolute Gasteiger partial charge is 0.345 e. The topological polar surface area (TPSA) is 25.2 Å². The third-order valence-electron chi connectivity index (χ3n) is 6.01. The van der Waals surface area contributed by atoms with Crippen molar-refractivity contribution in [2.45, 2.75) is 78.3 Å². The van der Waals surface area contributed by atoms with Crippen molar-refractivity contribution >= 4 is 5.91 Å². The fourth-order valence-electron chi connectivity index (χ4n) is 4.38. The Kier molecular flexibility index (Phi) is 7.76. The molecule has 0 radical (unpaired) electrons. The molecule has 3 nitrogen and oxygen atoms in total. The van der Waals surface area contributed by atoms with Gasteiger partial charge in [0, 0.05) is 30.9 Å². The number of carbonyl (C=O) groups is 1. The van der Waals surface area contributed by atoms with Crippen LogP contribution in [-0.4, -0.2) is 21.9 Å². The van der Waals surface area contributed by atoms with E-state index in [1.165, 1.54) is 48.9 Å². The van der Waals surface area contributed by atoms with E-state index in [1.54, 1.807) is 0 Å². The summed E-state index contributed by atoms with van der Waals surface area (Å²) in [7, 11) is 0. The number of rotatable bonds is 9. The fourth-order valence-corrected chi connectivity index (χ4v) is 4.38. The van der Waals surface area contributed by atoms with Gasteiger partial charge in [-0.15, -0.1) is 0 Å². The van der Waals surface area contributed by atoms with E-state index in [9.17, 15) is 4.79 Å². The van der Waals surface area contributed by atoms with E-state index in [0.717, 1.165) is 38.9 Å². The smallest absolute Gasteiger partial charge is 0.226 e. The van der Waals surface area contributed by atoms with Crippen LogP contribution in [0, 0.1) is 12.8 Å². The zero-order valence-electron chi connectivity index (χ0n) is 17.7. The monoisotopic (exact) mass is 380 g/mol. The number of aromatic nitrogens is 1. The zero-order valence-corrected chi connectivity index (χ0v) is 17.7. The summed E-state index contributed by atoms with van der Waals surface area (Å²) in [4.78, 5) is 15.4. The van der Waals surface area contributed by atoms with Crippen molar-refractivity contribution in [1.82, 2.24) is 9.47 Å². The van der Waals surface area contributed by atoms with E-state index in [0.29, 0.717) is 5.91 Å². The van der Waals surface area contributed by atoms with E-state index in [-0.39, 0.29) is 5.92 Å². The molecular formula is C25H36N2O. The van der Waals surface area contributed by atoms with Gasteiger partial charge in [-0.1, -0.05) is 68.9 Å². The van der Waals surface area contributed by atoms with Gasteiger partial charge in [-0.05, 0) is 43.9 Å². The van der Waals surface area contributed by atoms with Gasteiger partial charge in [-0.3, -0.25) is 4.79 Å². The molecule has 1 aliphatic carbocycles. The summed E-state index contributed by atoms with van der Waals surface area (Å²) in [6.45, 7) is 6.85. The van der Waals surface area contributed by atoms with E-state index < -0.39 is 0 Å². The average Bonchev–Trinajstić information content (AvgIpc) is 3.14. The Morgan fingerprint density at radius 2 is 1.93 bits per heavy atom. The number of nitrogens with zero attached hydrogens (tertiary/aromatic N) is 2. The highest BCUT2D eigenvalue weighted by atomic mass is 16.2. The lowest BCUT2D eigenvalue weighted by atomic mass is 9.88. The van der Waals surface area contributed by atoms with Crippen LogP contribution in [-0.2, 0) is 17.9 Å². The van der Waals surface area contributed by atoms with Crippen molar-refractivity contribution in [2.24, 2.45) is 5.92 Å². The second-order valence-corrected chi connectivity index (χ2v) is 8.42. The normalized spacial score (nSPS) is 14.9. The van der Waals surface area contributed by atoms with Gasteiger partial charge in [0.15, 0.2) is 0 Å². The molecule has 0 bridgehead atoms. The number of amides is 1. The van der Waals surface area contributed by atoms with E-state index in [2.05, 4.69) is 65.9 Å². The maximum absolute atomic E-state index is 13.2. The lowest BCUT2D eigenvalue weighted by Gasteiger charge is -2.30. The van der Waals surface area contributed by atoms with Gasteiger partial charge < -0.3 is 9.47 Å². The maximum Gasteiger partial charge on any atom is 0.226 e. The molecule has 152 valence electrons. The Balaban J connectivity index is 1.71. The second-order valence-electron chi connectivity index (χ2n) is 8.42. The van der Waals surface area contributed by atoms with E-state index >= 15 is 0 Å². The molecule has 1 amide bonds. The third-order valence-corrected chi connectivity index (χ3v) is 6.01. The van der Waals surface area contributed by atoms with Crippen molar-refractivity contribution in [3.8, 4) is 0 Å². The molecule has 0 spiro atoms. The van der Waals surface area contributed by atoms with Gasteiger partial charge in [-0.25, -0.2) is 0 Å². The first-order valence-corrected chi connectivity index (χ1v) is 11.2. The number of benzene rings is 1. The van der Waals surface area contributed by atoms with Gasteiger partial charge in [0.2, 0.25) is 5.91 Å². The Hall–Kier alpha value is -2.03. The summed E-state index contributed by atoms with van der Waals surface area (Å²) in [5.74, 6) is 0.634. The molecule has 0 saturated heterocycles. The molecule has 0 unspecified atom stereocenters. The predicted molar refractivity (Wildman–Crippen MR) is 116 cm³/mol. The van der Waals surface area contributed by atoms with Gasteiger partial charge in [0.1, 0.15) is 0 Å². The first kappa shape index (κ1) is 20.7. The molecule has 0 N–H and O–H groups in total. The zero-order chi connectivity index (χ0) is 19.8. The van der Waals surface area contributed by atoms with Crippen LogP contribution in [0.15, 0.2) is 42.6 Å². The van der Waals surface area contributed by atoms with Crippen molar-refractivity contribution < 1.29 is 4.79 Å². The average molecular weight is 381 g/mol. The van der Waals surface area contributed by atoms with Crippen molar-refractivity contribution in [3.63, 3.8) is 0 Å². The molecule has 3 heteroatoms. The van der Waals surface area contributed by atoms with E-state index in [4.69, 9.17) is 0 Å². The Labute approximate surface area is 170 Å². The molecular weight excluding hydrogens is 344 g/mol. The highest BCUT2D eigenvalue weighted by Crippen LogP contribution is 2.26. The summed E-state index contributed by atoms with van der Waals surface area (Å²) in [6, 6.07) is 13.0. The summed E-state index contributed by atoms with van der Waals surface area (Å²) in [5.41, 5.74) is 3.84. The minimum absolute atomic E-state index is 0.246. The number of aryl methyl sites for hydroxylation is 1. The summed E-state index contributed by atoms with van der Waals surface area (Å²) >= 11 is 0. The molecule has 1 aliphatic rings. The molecule has 0 atom stereocenters. The van der Waals surface area contributed by atoms with Crippen LogP contribution in [0.4, 0.5) is 0 Å². The SMILES string of the molecule is CCCCCN(Cc1cccn1Cc1cccc(C)c1)C(=O)C1CCCCC1. The number of carbonyl (C=O) groups excluding carboxylic acids is 1. The number of hydrogen-bond acceptors (Lipinski definition) is 1. The Morgan fingerprint density at radius 3 is 2.68 bits per heavy atom. The minimum atomic E-state index is 0.246. The first-order valence-electron chi connectivity index (χ1n) is 11.2. The van der Waals surface area contributed by atoms with Crippen LogP contribution >= 0.6 is 0 Å². The van der Waals surface area contributed by atoms with Crippen molar-refractivity contribution in [1.29, 1.82) is 0 Å². The molecule has 0 aliphatic heterocycles. The standard InChI is InChI=1S/C25H36N2O/c1-3-4-8-16-27(25(28)23-13-6-5-7-14-23)20-24-15-10-17-26(24)19-22-12-9-11-21(2)18-22/h9-12,15,17-18,23H,3-8,13-14,16,19-20H2,1-2H3. The molecule has 2 aromatic rings. The van der Waals surface area contributed by atoms with Gasteiger partial charge in [-0.2, -0.15) is 0 Å². The van der Waals surface area contributed by atoms with Crippen LogP contribution in [0.1, 0.15) is 75.1 Å². The van der Waals surface area contributed by atoms with Gasteiger partial charge in [0.05, 0.1) is 6.54 Å². The lowest BCUT2D eigenvalue weighted by Crippen LogP contribution is -2.37. The lowest BCUT2D eigenvalue weighted by molar-refractivity contribution is -0.137. The van der Waals surface area contributed by atoms with Crippen LogP contribution in [0.5, 0.6) is 0 Å². The van der Waals surface area contributed by atoms with Crippen molar-refractivity contribution in [3.05, 3.63) is 59.4 Å². The van der Waals surface area contributed by atoms with Crippen LogP contribution in [0.3, 0.4) is 0 Å². The van der Waals surface area contributed by atoms with E-state index in [1.807, 2.05) is 0 Å². The summed E-state index contributed by atoms with van der Waals surface area (Å²) < 4.78 is 2.30.